The summed E-state index contributed by atoms with van der Waals surface area (Å²) in [6, 6.07) is 13.9. The van der Waals surface area contributed by atoms with Gasteiger partial charge in [0.25, 0.3) is 11.6 Å². The van der Waals surface area contributed by atoms with Crippen LogP contribution in [0.2, 0.25) is 0 Å². The SMILES string of the molecule is Cc1cccc(O[C@H](C)C(=O)NCCNc2ccccc2[N+](=O)[O-])c1. The van der Waals surface area contributed by atoms with Gasteiger partial charge in [0.15, 0.2) is 6.10 Å². The number of anilines is 1. The van der Waals surface area contributed by atoms with Gasteiger partial charge in [0.2, 0.25) is 0 Å². The number of nitrogens with one attached hydrogen (secondary N) is 2. The fourth-order valence-corrected chi connectivity index (χ4v) is 2.26. The third-order valence-corrected chi connectivity index (χ3v) is 3.51. The summed E-state index contributed by atoms with van der Waals surface area (Å²) in [5.41, 5.74) is 1.48. The van der Waals surface area contributed by atoms with E-state index in [9.17, 15) is 14.9 Å². The molecule has 0 bridgehead atoms. The van der Waals surface area contributed by atoms with Crippen molar-refractivity contribution in [2.24, 2.45) is 0 Å². The average molecular weight is 343 g/mol. The molecule has 0 aliphatic carbocycles. The molecular formula is C18H21N3O4. The molecule has 1 atom stereocenters. The quantitative estimate of drug-likeness (QED) is 0.437. The zero-order valence-electron chi connectivity index (χ0n) is 14.2. The molecule has 7 nitrogen and oxygen atoms in total. The van der Waals surface area contributed by atoms with Crippen molar-refractivity contribution in [2.45, 2.75) is 20.0 Å². The molecule has 2 aromatic rings. The van der Waals surface area contributed by atoms with Crippen LogP contribution in [0.4, 0.5) is 11.4 Å². The number of aryl methyl sites for hydroxylation is 1. The molecule has 25 heavy (non-hydrogen) atoms. The number of amides is 1. The first kappa shape index (κ1) is 18.3. The Bertz CT molecular complexity index is 749. The molecule has 0 saturated carbocycles. The number of para-hydroxylation sites is 2. The molecule has 7 heteroatoms. The van der Waals surface area contributed by atoms with Crippen LogP contribution in [0, 0.1) is 17.0 Å². The Morgan fingerprint density at radius 1 is 1.20 bits per heavy atom. The minimum absolute atomic E-state index is 0.00461. The normalized spacial score (nSPS) is 11.4. The second-order valence-corrected chi connectivity index (χ2v) is 5.57. The van der Waals surface area contributed by atoms with E-state index in [2.05, 4.69) is 10.6 Å². The van der Waals surface area contributed by atoms with Crippen molar-refractivity contribution in [3.63, 3.8) is 0 Å². The zero-order valence-corrected chi connectivity index (χ0v) is 14.2. The van der Waals surface area contributed by atoms with Gasteiger partial charge >= 0.3 is 0 Å². The molecule has 0 radical (unpaired) electrons. The van der Waals surface area contributed by atoms with Crippen LogP contribution in [0.25, 0.3) is 0 Å². The topological polar surface area (TPSA) is 93.5 Å². The maximum atomic E-state index is 12.0. The standard InChI is InChI=1S/C18H21N3O4/c1-13-6-5-7-15(12-13)25-14(2)18(22)20-11-10-19-16-8-3-4-9-17(16)21(23)24/h3-9,12,14,19H,10-11H2,1-2H3,(H,20,22)/t14-/m1/s1. The lowest BCUT2D eigenvalue weighted by atomic mass is 10.2. The first-order chi connectivity index (χ1) is 12.0. The fourth-order valence-electron chi connectivity index (χ4n) is 2.26. The molecule has 1 amide bonds. The molecule has 0 aliphatic rings. The Kier molecular flexibility index (Phi) is 6.33. The fraction of sp³-hybridized carbons (Fsp3) is 0.278. The van der Waals surface area contributed by atoms with Gasteiger partial charge in [0.1, 0.15) is 11.4 Å². The molecule has 0 unspecified atom stereocenters. The number of carbonyl (C=O) groups is 1. The highest BCUT2D eigenvalue weighted by molar-refractivity contribution is 5.80. The van der Waals surface area contributed by atoms with Crippen LogP contribution in [0.15, 0.2) is 48.5 Å². The molecule has 2 N–H and O–H groups in total. The largest absolute Gasteiger partial charge is 0.481 e. The van der Waals surface area contributed by atoms with E-state index in [4.69, 9.17) is 4.74 Å². The van der Waals surface area contributed by atoms with Crippen LogP contribution >= 0.6 is 0 Å². The maximum absolute atomic E-state index is 12.0. The van der Waals surface area contributed by atoms with Crippen LogP contribution in [-0.4, -0.2) is 30.0 Å². The van der Waals surface area contributed by atoms with Gasteiger partial charge in [0.05, 0.1) is 4.92 Å². The van der Waals surface area contributed by atoms with E-state index in [-0.39, 0.29) is 11.6 Å². The number of ether oxygens (including phenoxy) is 1. The minimum atomic E-state index is -0.632. The molecular weight excluding hydrogens is 322 g/mol. The van der Waals surface area contributed by atoms with Gasteiger partial charge in [-0.25, -0.2) is 0 Å². The van der Waals surface area contributed by atoms with Crippen LogP contribution in [0.3, 0.4) is 0 Å². The summed E-state index contributed by atoms with van der Waals surface area (Å²) < 4.78 is 5.60. The molecule has 132 valence electrons. The van der Waals surface area contributed by atoms with Gasteiger partial charge in [-0.3, -0.25) is 14.9 Å². The van der Waals surface area contributed by atoms with Crippen molar-refractivity contribution in [1.29, 1.82) is 0 Å². The zero-order chi connectivity index (χ0) is 18.2. The van der Waals surface area contributed by atoms with E-state index in [0.29, 0.717) is 24.5 Å². The molecule has 2 rings (SSSR count). The third kappa shape index (κ3) is 5.49. The summed E-state index contributed by atoms with van der Waals surface area (Å²) >= 11 is 0. The summed E-state index contributed by atoms with van der Waals surface area (Å²) in [7, 11) is 0. The van der Waals surface area contributed by atoms with Crippen molar-refractivity contribution in [3.8, 4) is 5.75 Å². The summed E-state index contributed by atoms with van der Waals surface area (Å²) in [6.07, 6.45) is -0.632. The number of nitro groups is 1. The summed E-state index contributed by atoms with van der Waals surface area (Å²) in [5.74, 6) is 0.395. The van der Waals surface area contributed by atoms with Crippen LogP contribution in [0.5, 0.6) is 5.75 Å². The van der Waals surface area contributed by atoms with Crippen molar-refractivity contribution in [1.82, 2.24) is 5.32 Å². The molecule has 0 fully saturated rings. The monoisotopic (exact) mass is 343 g/mol. The Morgan fingerprint density at radius 2 is 1.96 bits per heavy atom. The predicted molar refractivity (Wildman–Crippen MR) is 95.9 cm³/mol. The highest BCUT2D eigenvalue weighted by Crippen LogP contribution is 2.22. The lowest BCUT2D eigenvalue weighted by molar-refractivity contribution is -0.384. The van der Waals surface area contributed by atoms with Gasteiger partial charge < -0.3 is 15.4 Å². The molecule has 2 aromatic carbocycles. The summed E-state index contributed by atoms with van der Waals surface area (Å²) in [5, 5.41) is 16.6. The maximum Gasteiger partial charge on any atom is 0.292 e. The first-order valence-electron chi connectivity index (χ1n) is 7.95. The van der Waals surface area contributed by atoms with Crippen molar-refractivity contribution in [3.05, 3.63) is 64.2 Å². The van der Waals surface area contributed by atoms with Crippen molar-refractivity contribution < 1.29 is 14.5 Å². The minimum Gasteiger partial charge on any atom is -0.481 e. The summed E-state index contributed by atoms with van der Waals surface area (Å²) in [4.78, 5) is 22.5. The van der Waals surface area contributed by atoms with E-state index in [0.717, 1.165) is 5.56 Å². The van der Waals surface area contributed by atoms with Crippen molar-refractivity contribution >= 4 is 17.3 Å². The van der Waals surface area contributed by atoms with Gasteiger partial charge in [-0.15, -0.1) is 0 Å². The van der Waals surface area contributed by atoms with Crippen LogP contribution in [-0.2, 0) is 4.79 Å². The molecule has 0 aliphatic heterocycles. The van der Waals surface area contributed by atoms with E-state index in [1.807, 2.05) is 25.1 Å². The van der Waals surface area contributed by atoms with Crippen LogP contribution in [0.1, 0.15) is 12.5 Å². The lowest BCUT2D eigenvalue weighted by Crippen LogP contribution is -2.38. The highest BCUT2D eigenvalue weighted by atomic mass is 16.6. The van der Waals surface area contributed by atoms with Crippen molar-refractivity contribution in [2.75, 3.05) is 18.4 Å². The average Bonchev–Trinajstić information content (AvgIpc) is 2.58. The molecule has 0 saturated heterocycles. The van der Waals surface area contributed by atoms with E-state index < -0.39 is 11.0 Å². The summed E-state index contributed by atoms with van der Waals surface area (Å²) in [6.45, 7) is 4.32. The number of nitrogens with zero attached hydrogens (tertiary/aromatic N) is 1. The number of rotatable bonds is 8. The second-order valence-electron chi connectivity index (χ2n) is 5.57. The Hall–Kier alpha value is -3.09. The van der Waals surface area contributed by atoms with Gasteiger partial charge in [-0.2, -0.15) is 0 Å². The van der Waals surface area contributed by atoms with E-state index in [1.54, 1.807) is 31.2 Å². The Morgan fingerprint density at radius 3 is 2.68 bits per heavy atom. The Balaban J connectivity index is 1.78. The predicted octanol–water partition coefficient (Wildman–Crippen LogP) is 2.90. The number of carbonyl (C=O) groups excluding carboxylic acids is 1. The highest BCUT2D eigenvalue weighted by Gasteiger charge is 2.15. The van der Waals surface area contributed by atoms with E-state index in [1.165, 1.54) is 6.07 Å². The van der Waals surface area contributed by atoms with E-state index >= 15 is 0 Å². The van der Waals surface area contributed by atoms with Gasteiger partial charge in [0, 0.05) is 19.2 Å². The molecule has 0 spiro atoms. The first-order valence-corrected chi connectivity index (χ1v) is 7.95. The molecule has 0 aromatic heterocycles. The second kappa shape index (κ2) is 8.68. The Labute approximate surface area is 146 Å². The smallest absolute Gasteiger partial charge is 0.292 e. The van der Waals surface area contributed by atoms with Crippen LogP contribution < -0.4 is 15.4 Å². The van der Waals surface area contributed by atoms with Gasteiger partial charge in [-0.1, -0.05) is 24.3 Å². The number of hydrogen-bond acceptors (Lipinski definition) is 5. The number of nitro benzene ring substituents is 1. The molecule has 0 heterocycles. The third-order valence-electron chi connectivity index (χ3n) is 3.51. The van der Waals surface area contributed by atoms with Gasteiger partial charge in [-0.05, 0) is 37.6 Å². The lowest BCUT2D eigenvalue weighted by Gasteiger charge is -2.15. The number of benzene rings is 2. The number of hydrogen-bond donors (Lipinski definition) is 2.